The first-order valence-corrected chi connectivity index (χ1v) is 7.34. The number of nitrogens with zero attached hydrogens (tertiary/aromatic N) is 1. The SMILES string of the molecule is Nc1c(Cl)cc([N+](=O)[O-])cc1C(=O)NCCc1ccsc1. The molecule has 1 aromatic heterocycles. The molecule has 21 heavy (non-hydrogen) atoms. The molecule has 110 valence electrons. The van der Waals surface area contributed by atoms with E-state index in [0.29, 0.717) is 13.0 Å². The lowest BCUT2D eigenvalue weighted by Crippen LogP contribution is -2.26. The third kappa shape index (κ3) is 3.71. The molecule has 8 heteroatoms. The van der Waals surface area contributed by atoms with Gasteiger partial charge in [0.15, 0.2) is 0 Å². The van der Waals surface area contributed by atoms with Gasteiger partial charge in [0.05, 0.1) is 21.2 Å². The number of nitrogen functional groups attached to an aromatic ring is 1. The van der Waals surface area contributed by atoms with Gasteiger partial charge in [0.25, 0.3) is 11.6 Å². The number of amides is 1. The van der Waals surface area contributed by atoms with Gasteiger partial charge in [0.2, 0.25) is 0 Å². The number of nitrogens with two attached hydrogens (primary N) is 1. The summed E-state index contributed by atoms with van der Waals surface area (Å²) in [5.74, 6) is -0.478. The highest BCUT2D eigenvalue weighted by Gasteiger charge is 2.18. The van der Waals surface area contributed by atoms with Crippen molar-refractivity contribution in [2.45, 2.75) is 6.42 Å². The van der Waals surface area contributed by atoms with Crippen LogP contribution in [-0.2, 0) is 6.42 Å². The van der Waals surface area contributed by atoms with Crippen molar-refractivity contribution in [3.63, 3.8) is 0 Å². The van der Waals surface area contributed by atoms with Gasteiger partial charge < -0.3 is 11.1 Å². The van der Waals surface area contributed by atoms with Crippen LogP contribution in [0.5, 0.6) is 0 Å². The van der Waals surface area contributed by atoms with Crippen LogP contribution in [0.4, 0.5) is 11.4 Å². The zero-order chi connectivity index (χ0) is 15.4. The molecule has 0 aliphatic heterocycles. The number of carbonyl (C=O) groups excluding carboxylic acids is 1. The molecule has 0 unspecified atom stereocenters. The lowest BCUT2D eigenvalue weighted by atomic mass is 10.1. The van der Waals surface area contributed by atoms with Gasteiger partial charge in [0, 0.05) is 18.7 Å². The molecule has 2 rings (SSSR count). The number of hydrogen-bond acceptors (Lipinski definition) is 5. The van der Waals surface area contributed by atoms with Crippen LogP contribution in [0.1, 0.15) is 15.9 Å². The third-order valence-electron chi connectivity index (χ3n) is 2.85. The standard InChI is InChI=1S/C13H12ClN3O3S/c14-11-6-9(17(19)20)5-10(12(11)15)13(18)16-3-1-8-2-4-21-7-8/h2,4-7H,1,3,15H2,(H,16,18). The molecular formula is C13H12ClN3O3S. The van der Waals surface area contributed by atoms with E-state index in [-0.39, 0.29) is 22.0 Å². The lowest BCUT2D eigenvalue weighted by molar-refractivity contribution is -0.384. The second-order valence-electron chi connectivity index (χ2n) is 4.28. The normalized spacial score (nSPS) is 10.3. The predicted octanol–water partition coefficient (Wildman–Crippen LogP) is 2.86. The van der Waals surface area contributed by atoms with Crippen LogP contribution in [0.2, 0.25) is 5.02 Å². The van der Waals surface area contributed by atoms with E-state index >= 15 is 0 Å². The number of thiophene rings is 1. The van der Waals surface area contributed by atoms with E-state index < -0.39 is 10.8 Å². The first kappa shape index (κ1) is 15.3. The number of hydrogen-bond donors (Lipinski definition) is 2. The van der Waals surface area contributed by atoms with Gasteiger partial charge in [-0.3, -0.25) is 14.9 Å². The molecule has 0 fully saturated rings. The first-order chi connectivity index (χ1) is 9.99. The van der Waals surface area contributed by atoms with Crippen molar-refractivity contribution < 1.29 is 9.72 Å². The van der Waals surface area contributed by atoms with Crippen molar-refractivity contribution in [3.8, 4) is 0 Å². The number of nitro groups is 1. The Morgan fingerprint density at radius 3 is 2.86 bits per heavy atom. The zero-order valence-electron chi connectivity index (χ0n) is 10.8. The molecule has 2 aromatic rings. The van der Waals surface area contributed by atoms with Gasteiger partial charge >= 0.3 is 0 Å². The number of anilines is 1. The molecule has 6 nitrogen and oxygen atoms in total. The molecule has 3 N–H and O–H groups in total. The van der Waals surface area contributed by atoms with Crippen LogP contribution in [0, 0.1) is 10.1 Å². The minimum Gasteiger partial charge on any atom is -0.397 e. The van der Waals surface area contributed by atoms with Crippen molar-refractivity contribution in [1.29, 1.82) is 0 Å². The van der Waals surface area contributed by atoms with E-state index in [0.717, 1.165) is 17.7 Å². The number of non-ortho nitro benzene ring substituents is 1. The van der Waals surface area contributed by atoms with Crippen LogP contribution in [0.3, 0.4) is 0 Å². The van der Waals surface area contributed by atoms with E-state index in [9.17, 15) is 14.9 Å². The molecule has 0 radical (unpaired) electrons. The van der Waals surface area contributed by atoms with Crippen molar-refractivity contribution >= 4 is 40.2 Å². The largest absolute Gasteiger partial charge is 0.397 e. The Bertz CT molecular complexity index is 674. The summed E-state index contributed by atoms with van der Waals surface area (Å²) in [4.78, 5) is 22.2. The van der Waals surface area contributed by atoms with Crippen molar-refractivity contribution in [2.24, 2.45) is 0 Å². The van der Waals surface area contributed by atoms with E-state index in [1.165, 1.54) is 0 Å². The third-order valence-corrected chi connectivity index (χ3v) is 3.89. The highest BCUT2D eigenvalue weighted by molar-refractivity contribution is 7.07. The number of halogens is 1. The molecule has 0 aliphatic carbocycles. The highest BCUT2D eigenvalue weighted by Crippen LogP contribution is 2.28. The van der Waals surface area contributed by atoms with Crippen molar-refractivity contribution in [2.75, 3.05) is 12.3 Å². The minimum absolute atomic E-state index is 0.00724. The Morgan fingerprint density at radius 1 is 1.48 bits per heavy atom. The van der Waals surface area contributed by atoms with Crippen LogP contribution in [0.15, 0.2) is 29.0 Å². The Labute approximate surface area is 129 Å². The average molecular weight is 326 g/mol. The number of carbonyl (C=O) groups is 1. The number of nitro benzene ring substituents is 1. The summed E-state index contributed by atoms with van der Waals surface area (Å²) in [6.45, 7) is 0.412. The molecule has 1 heterocycles. The first-order valence-electron chi connectivity index (χ1n) is 6.01. The number of nitrogens with one attached hydrogen (secondary N) is 1. The van der Waals surface area contributed by atoms with E-state index in [1.54, 1.807) is 11.3 Å². The molecule has 1 aromatic carbocycles. The summed E-state index contributed by atoms with van der Waals surface area (Å²) < 4.78 is 0. The quantitative estimate of drug-likeness (QED) is 0.501. The molecule has 0 saturated heterocycles. The maximum absolute atomic E-state index is 12.1. The Morgan fingerprint density at radius 2 is 2.24 bits per heavy atom. The fourth-order valence-corrected chi connectivity index (χ4v) is 2.66. The Balaban J connectivity index is 2.09. The maximum atomic E-state index is 12.1. The molecule has 1 amide bonds. The molecule has 0 atom stereocenters. The van der Waals surface area contributed by atoms with Crippen LogP contribution in [0.25, 0.3) is 0 Å². The molecule has 0 aliphatic rings. The Hall–Kier alpha value is -2.12. The topological polar surface area (TPSA) is 98.3 Å². The molecule has 0 spiro atoms. The van der Waals surface area contributed by atoms with Crippen LogP contribution < -0.4 is 11.1 Å². The molecule has 0 bridgehead atoms. The summed E-state index contributed by atoms with van der Waals surface area (Å²) in [5.41, 5.74) is 6.61. The van der Waals surface area contributed by atoms with Crippen molar-refractivity contribution in [1.82, 2.24) is 5.32 Å². The lowest BCUT2D eigenvalue weighted by Gasteiger charge is -2.08. The highest BCUT2D eigenvalue weighted by atomic mass is 35.5. The van der Waals surface area contributed by atoms with Gasteiger partial charge in [-0.15, -0.1) is 0 Å². The van der Waals surface area contributed by atoms with Crippen LogP contribution >= 0.6 is 22.9 Å². The second-order valence-corrected chi connectivity index (χ2v) is 5.47. The van der Waals surface area contributed by atoms with Gasteiger partial charge in [-0.2, -0.15) is 11.3 Å². The monoisotopic (exact) mass is 325 g/mol. The molecule has 0 saturated carbocycles. The van der Waals surface area contributed by atoms with Gasteiger partial charge in [0.1, 0.15) is 0 Å². The maximum Gasteiger partial charge on any atom is 0.271 e. The Kier molecular flexibility index (Phi) is 4.77. The van der Waals surface area contributed by atoms with E-state index in [2.05, 4.69) is 5.32 Å². The van der Waals surface area contributed by atoms with E-state index in [4.69, 9.17) is 17.3 Å². The smallest absolute Gasteiger partial charge is 0.271 e. The summed E-state index contributed by atoms with van der Waals surface area (Å²) in [5, 5.41) is 17.4. The average Bonchev–Trinajstić information content (AvgIpc) is 2.94. The summed E-state index contributed by atoms with van der Waals surface area (Å²) in [6.07, 6.45) is 0.678. The van der Waals surface area contributed by atoms with Gasteiger partial charge in [-0.25, -0.2) is 0 Å². The number of rotatable bonds is 5. The summed E-state index contributed by atoms with van der Waals surface area (Å²) in [7, 11) is 0. The predicted molar refractivity (Wildman–Crippen MR) is 82.9 cm³/mol. The van der Waals surface area contributed by atoms with E-state index in [1.807, 2.05) is 16.8 Å². The zero-order valence-corrected chi connectivity index (χ0v) is 12.4. The van der Waals surface area contributed by atoms with Crippen LogP contribution in [-0.4, -0.2) is 17.4 Å². The van der Waals surface area contributed by atoms with Crippen molar-refractivity contribution in [3.05, 3.63) is 55.2 Å². The summed E-state index contributed by atoms with van der Waals surface area (Å²) >= 11 is 7.39. The number of benzene rings is 1. The fourth-order valence-electron chi connectivity index (χ4n) is 1.75. The molecular weight excluding hydrogens is 314 g/mol. The van der Waals surface area contributed by atoms with Gasteiger partial charge in [-0.05, 0) is 28.8 Å². The summed E-state index contributed by atoms with van der Waals surface area (Å²) in [6, 6.07) is 4.22. The fraction of sp³-hybridized carbons (Fsp3) is 0.154. The second kappa shape index (κ2) is 6.55. The van der Waals surface area contributed by atoms with Gasteiger partial charge in [-0.1, -0.05) is 11.6 Å². The minimum atomic E-state index is -0.618.